The molecule has 0 amide bonds. The average Bonchev–Trinajstić information content (AvgIpc) is 1.33. The van der Waals surface area contributed by atoms with Crippen LogP contribution in [-0.2, 0) is 0 Å². The van der Waals surface area contributed by atoms with Gasteiger partial charge >= 0.3 is 0 Å². The van der Waals surface area contributed by atoms with Crippen molar-refractivity contribution >= 4 is 11.8 Å². The van der Waals surface area contributed by atoms with Gasteiger partial charge in [-0.15, -0.1) is 10.1 Å². The van der Waals surface area contributed by atoms with Gasteiger partial charge in [0.25, 0.3) is 5.09 Å². The number of thioether (sulfide) groups is 1. The minimum Gasteiger partial charge on any atom is -0.344 e. The summed E-state index contributed by atoms with van der Waals surface area (Å²) in [6.45, 7) is 0. The Balaban J connectivity index is -0.0000000575. The quantitative estimate of drug-likeness (QED) is 0.385. The molecule has 0 atom stereocenters. The maximum atomic E-state index is 8.36. The second kappa shape index (κ2) is 16.0. The van der Waals surface area contributed by atoms with Crippen molar-refractivity contribution in [3.63, 3.8) is 0 Å². The number of nitrogens with zero attached hydrogens (tertiary/aromatic N) is 1. The molecule has 0 heterocycles. The lowest BCUT2D eigenvalue weighted by atomic mass is 11.9. The predicted molar refractivity (Wildman–Crippen MR) is 33.2 cm³/mol. The minimum atomic E-state index is -1.50. The van der Waals surface area contributed by atoms with E-state index >= 15 is 0 Å². The Kier molecular flexibility index (Phi) is 31.4. The molecule has 0 aliphatic rings. The van der Waals surface area contributed by atoms with Crippen molar-refractivity contribution in [3.8, 4) is 0 Å². The van der Waals surface area contributed by atoms with E-state index in [2.05, 4.69) is 0 Å². The van der Waals surface area contributed by atoms with Gasteiger partial charge in [0.15, 0.2) is 0 Å². The molecule has 8 heavy (non-hydrogen) atoms. The maximum absolute atomic E-state index is 8.36. The van der Waals surface area contributed by atoms with Gasteiger partial charge in [-0.2, -0.15) is 11.8 Å². The Bertz CT molecular complexity index is 46.5. The van der Waals surface area contributed by atoms with Crippen molar-refractivity contribution < 1.29 is 10.3 Å². The highest BCUT2D eigenvalue weighted by atomic mass is 32.2. The monoisotopic (exact) mass is 142 g/mol. The van der Waals surface area contributed by atoms with Crippen LogP contribution < -0.4 is 6.15 Å². The lowest BCUT2D eigenvalue weighted by Gasteiger charge is -1.56. The van der Waals surface area contributed by atoms with Crippen LogP contribution >= 0.6 is 11.8 Å². The van der Waals surface area contributed by atoms with Gasteiger partial charge in [-0.05, 0) is 12.5 Å². The van der Waals surface area contributed by atoms with Crippen molar-refractivity contribution in [3.05, 3.63) is 10.1 Å². The zero-order valence-corrected chi connectivity index (χ0v) is 5.64. The lowest BCUT2D eigenvalue weighted by Crippen LogP contribution is -1.81. The van der Waals surface area contributed by atoms with Crippen LogP contribution in [0.15, 0.2) is 0 Å². The molecule has 0 spiro atoms. The molecule has 0 rings (SSSR count). The van der Waals surface area contributed by atoms with Gasteiger partial charge in [-0.25, -0.2) is 0 Å². The Labute approximate surface area is 51.8 Å². The molecule has 0 aromatic rings. The molecule has 0 saturated heterocycles. The normalized spacial score (nSPS) is 5.25. The Morgan fingerprint density at radius 2 is 1.62 bits per heavy atom. The molecule has 0 saturated carbocycles. The molecule has 0 aromatic heterocycles. The van der Waals surface area contributed by atoms with Gasteiger partial charge in [0.1, 0.15) is 0 Å². The van der Waals surface area contributed by atoms with E-state index in [-0.39, 0.29) is 6.15 Å². The fraction of sp³-hybridized carbons (Fsp3) is 1.00. The minimum absolute atomic E-state index is 0. The summed E-state index contributed by atoms with van der Waals surface area (Å²) in [4.78, 5) is 8.36. The molecule has 0 radical (unpaired) electrons. The molecule has 0 fully saturated rings. The van der Waals surface area contributed by atoms with Gasteiger partial charge < -0.3 is 11.4 Å². The molecule has 0 unspecified atom stereocenters. The Morgan fingerprint density at radius 1 is 1.62 bits per heavy atom. The average molecular weight is 142 g/mol. The first-order valence-electron chi connectivity index (χ1n) is 1.38. The molecular formula is C2H10N2O3S. The van der Waals surface area contributed by atoms with Crippen LogP contribution in [0, 0.1) is 10.1 Å². The number of rotatable bonds is 0. The van der Waals surface area contributed by atoms with Crippen LogP contribution in [0.3, 0.4) is 0 Å². The number of hydrogen-bond donors (Lipinski definition) is 2. The SMILES string of the molecule is CSC.N.O=[N+]([O-])O. The molecule has 6 heteroatoms. The van der Waals surface area contributed by atoms with Crippen LogP contribution in [-0.4, -0.2) is 22.8 Å². The molecule has 0 aliphatic heterocycles. The third-order valence-corrected chi connectivity index (χ3v) is 0. The summed E-state index contributed by atoms with van der Waals surface area (Å²) < 4.78 is 0. The summed E-state index contributed by atoms with van der Waals surface area (Å²) in [5, 5.41) is 13.6. The van der Waals surface area contributed by atoms with Crippen molar-refractivity contribution in [1.82, 2.24) is 6.15 Å². The standard InChI is InChI=1S/C2H6S.HNO3.H3N/c1-3-2;2-1(3)4;/h1-2H3;(H,2,3,4);1H3. The van der Waals surface area contributed by atoms with Crippen LogP contribution in [0.25, 0.3) is 0 Å². The summed E-state index contributed by atoms with van der Waals surface area (Å²) >= 11 is 1.75. The third kappa shape index (κ3) is 467. The molecule has 52 valence electrons. The summed E-state index contributed by atoms with van der Waals surface area (Å²) in [5.74, 6) is 0. The molecule has 5 nitrogen and oxygen atoms in total. The maximum Gasteiger partial charge on any atom is 0.291 e. The van der Waals surface area contributed by atoms with Crippen LogP contribution in [0.4, 0.5) is 0 Å². The van der Waals surface area contributed by atoms with Crippen LogP contribution in [0.2, 0.25) is 0 Å². The van der Waals surface area contributed by atoms with Crippen molar-refractivity contribution in [2.24, 2.45) is 0 Å². The summed E-state index contributed by atoms with van der Waals surface area (Å²) in [5.41, 5.74) is 0. The fourth-order valence-corrected chi connectivity index (χ4v) is 0. The van der Waals surface area contributed by atoms with Gasteiger partial charge in [0, 0.05) is 0 Å². The highest BCUT2D eigenvalue weighted by Gasteiger charge is 1.65. The first kappa shape index (κ1) is 15.6. The van der Waals surface area contributed by atoms with E-state index in [0.717, 1.165) is 0 Å². The van der Waals surface area contributed by atoms with Gasteiger partial charge in [0.05, 0.1) is 0 Å². The topological polar surface area (TPSA) is 98.4 Å². The molecule has 0 aromatic carbocycles. The Hall–Kier alpha value is -0.490. The zero-order valence-electron chi connectivity index (χ0n) is 4.83. The number of hydrogen-bond acceptors (Lipinski definition) is 4. The lowest BCUT2D eigenvalue weighted by molar-refractivity contribution is -0.742. The van der Waals surface area contributed by atoms with E-state index in [9.17, 15) is 0 Å². The van der Waals surface area contributed by atoms with E-state index in [4.69, 9.17) is 15.3 Å². The molecule has 4 N–H and O–H groups in total. The van der Waals surface area contributed by atoms with E-state index in [0.29, 0.717) is 0 Å². The summed E-state index contributed by atoms with van der Waals surface area (Å²) in [6, 6.07) is 0. The highest BCUT2D eigenvalue weighted by molar-refractivity contribution is 7.97. The third-order valence-electron chi connectivity index (χ3n) is 0. The second-order valence-electron chi connectivity index (χ2n) is 0.646. The summed E-state index contributed by atoms with van der Waals surface area (Å²) in [6.07, 6.45) is 4.08. The van der Waals surface area contributed by atoms with Gasteiger partial charge in [-0.3, -0.25) is 0 Å². The second-order valence-corrected chi connectivity index (χ2v) is 1.46. The van der Waals surface area contributed by atoms with Crippen molar-refractivity contribution in [1.29, 1.82) is 0 Å². The molecular weight excluding hydrogens is 132 g/mol. The largest absolute Gasteiger partial charge is 0.344 e. The molecule has 0 aliphatic carbocycles. The molecule has 0 bridgehead atoms. The summed E-state index contributed by atoms with van der Waals surface area (Å²) in [7, 11) is 0. The van der Waals surface area contributed by atoms with Crippen LogP contribution in [0.5, 0.6) is 0 Å². The zero-order chi connectivity index (χ0) is 6.28. The van der Waals surface area contributed by atoms with Crippen molar-refractivity contribution in [2.75, 3.05) is 12.5 Å². The first-order chi connectivity index (χ1) is 3.15. The van der Waals surface area contributed by atoms with Crippen molar-refractivity contribution in [2.45, 2.75) is 0 Å². The fourth-order valence-electron chi connectivity index (χ4n) is 0. The smallest absolute Gasteiger partial charge is 0.291 e. The van der Waals surface area contributed by atoms with E-state index < -0.39 is 5.09 Å². The van der Waals surface area contributed by atoms with E-state index in [1.807, 2.05) is 12.5 Å². The highest BCUT2D eigenvalue weighted by Crippen LogP contribution is 1.70. The predicted octanol–water partition coefficient (Wildman–Crippen LogP) is 0.793. The van der Waals surface area contributed by atoms with Gasteiger partial charge in [0.2, 0.25) is 0 Å². The van der Waals surface area contributed by atoms with Crippen LogP contribution in [0.1, 0.15) is 0 Å². The first-order valence-corrected chi connectivity index (χ1v) is 3.01. The van der Waals surface area contributed by atoms with E-state index in [1.54, 1.807) is 11.8 Å². The Morgan fingerprint density at radius 3 is 1.62 bits per heavy atom. The van der Waals surface area contributed by atoms with Gasteiger partial charge in [-0.1, -0.05) is 0 Å². The van der Waals surface area contributed by atoms with E-state index in [1.165, 1.54) is 0 Å².